The van der Waals surface area contributed by atoms with Crippen molar-refractivity contribution in [1.82, 2.24) is 9.80 Å². The smallest absolute Gasteiger partial charge is 0.315 e. The average Bonchev–Trinajstić information content (AvgIpc) is 2.08. The van der Waals surface area contributed by atoms with Crippen molar-refractivity contribution in [2.24, 2.45) is 0 Å². The summed E-state index contributed by atoms with van der Waals surface area (Å²) < 4.78 is 24.1. The third-order valence-corrected chi connectivity index (χ3v) is 2.46. The summed E-state index contributed by atoms with van der Waals surface area (Å²) >= 11 is 0. The molecule has 0 radical (unpaired) electrons. The fourth-order valence-corrected chi connectivity index (χ4v) is 1.39. The van der Waals surface area contributed by atoms with E-state index in [1.807, 2.05) is 14.0 Å². The van der Waals surface area contributed by atoms with Crippen molar-refractivity contribution in [2.75, 3.05) is 26.7 Å². The summed E-state index contributed by atoms with van der Waals surface area (Å²) in [5, 5.41) is 0. The lowest BCUT2D eigenvalue weighted by Crippen LogP contribution is -2.53. The van der Waals surface area contributed by atoms with Gasteiger partial charge in [0.1, 0.15) is 0 Å². The number of alkyl halides is 2. The molecule has 13 heavy (non-hydrogen) atoms. The Morgan fingerprint density at radius 3 is 2.54 bits per heavy atom. The molecular weight excluding hydrogens is 178 g/mol. The van der Waals surface area contributed by atoms with Crippen LogP contribution in [0.3, 0.4) is 0 Å². The van der Waals surface area contributed by atoms with Crippen molar-refractivity contribution >= 4 is 5.91 Å². The summed E-state index contributed by atoms with van der Waals surface area (Å²) in [4.78, 5) is 14.2. The van der Waals surface area contributed by atoms with E-state index in [4.69, 9.17) is 0 Å². The number of nitrogens with zero attached hydrogens (tertiary/aromatic N) is 2. The molecule has 1 aliphatic rings. The van der Waals surface area contributed by atoms with Crippen LogP contribution in [0.15, 0.2) is 0 Å². The molecule has 0 saturated carbocycles. The lowest BCUT2D eigenvalue weighted by molar-refractivity contribution is -0.145. The molecule has 1 rings (SSSR count). The van der Waals surface area contributed by atoms with E-state index in [9.17, 15) is 13.6 Å². The molecule has 76 valence electrons. The molecule has 3 nitrogen and oxygen atoms in total. The molecule has 1 saturated heterocycles. The monoisotopic (exact) mass is 192 g/mol. The van der Waals surface area contributed by atoms with Gasteiger partial charge in [0.15, 0.2) is 0 Å². The lowest BCUT2D eigenvalue weighted by atomic mass is 10.2. The third-order valence-electron chi connectivity index (χ3n) is 2.46. The molecule has 0 aliphatic carbocycles. The number of carbonyl (C=O) groups is 1. The molecule has 0 bridgehead atoms. The summed E-state index contributed by atoms with van der Waals surface area (Å²) in [6, 6.07) is 0.163. The Labute approximate surface area is 76.3 Å². The van der Waals surface area contributed by atoms with Gasteiger partial charge in [-0.05, 0) is 14.0 Å². The molecule has 0 aromatic carbocycles. The normalized spacial score (nSPS) is 25.3. The third kappa shape index (κ3) is 2.37. The van der Waals surface area contributed by atoms with Gasteiger partial charge in [-0.3, -0.25) is 4.79 Å². The van der Waals surface area contributed by atoms with Crippen molar-refractivity contribution in [3.63, 3.8) is 0 Å². The van der Waals surface area contributed by atoms with Gasteiger partial charge in [-0.15, -0.1) is 0 Å². The highest BCUT2D eigenvalue weighted by Crippen LogP contribution is 2.09. The van der Waals surface area contributed by atoms with Gasteiger partial charge >= 0.3 is 6.43 Å². The van der Waals surface area contributed by atoms with Crippen molar-refractivity contribution in [2.45, 2.75) is 19.4 Å². The van der Waals surface area contributed by atoms with E-state index in [1.54, 1.807) is 0 Å². The Bertz CT molecular complexity index is 199. The first-order valence-electron chi connectivity index (χ1n) is 4.29. The van der Waals surface area contributed by atoms with Crippen LogP contribution in [0.4, 0.5) is 8.78 Å². The maximum absolute atomic E-state index is 12.0. The van der Waals surface area contributed by atoms with Gasteiger partial charge in [0.25, 0.3) is 5.91 Å². The van der Waals surface area contributed by atoms with E-state index in [2.05, 4.69) is 4.90 Å². The number of rotatable bonds is 1. The molecular formula is C8H14F2N2O. The van der Waals surface area contributed by atoms with Crippen LogP contribution in [0, 0.1) is 0 Å². The Morgan fingerprint density at radius 1 is 1.46 bits per heavy atom. The second-order valence-corrected chi connectivity index (χ2v) is 3.41. The zero-order chi connectivity index (χ0) is 10.0. The minimum absolute atomic E-state index is 0.163. The maximum Gasteiger partial charge on any atom is 0.315 e. The van der Waals surface area contributed by atoms with Crippen molar-refractivity contribution < 1.29 is 13.6 Å². The summed E-state index contributed by atoms with van der Waals surface area (Å²) in [6.45, 7) is 3.40. The molecule has 0 aromatic heterocycles. The van der Waals surface area contributed by atoms with Crippen LogP contribution in [0.5, 0.6) is 0 Å². The second-order valence-electron chi connectivity index (χ2n) is 3.41. The molecule has 0 spiro atoms. The minimum atomic E-state index is -2.87. The Balaban J connectivity index is 2.50. The van der Waals surface area contributed by atoms with E-state index in [1.165, 1.54) is 4.90 Å². The number of halogens is 2. The summed E-state index contributed by atoms with van der Waals surface area (Å²) in [5.74, 6) is -1.04. The molecule has 1 aliphatic heterocycles. The van der Waals surface area contributed by atoms with Gasteiger partial charge in [-0.25, -0.2) is 0 Å². The van der Waals surface area contributed by atoms with Crippen LogP contribution in [0.1, 0.15) is 6.92 Å². The number of hydrogen-bond donors (Lipinski definition) is 0. The molecule has 5 heteroatoms. The number of hydrogen-bond acceptors (Lipinski definition) is 2. The predicted octanol–water partition coefficient (Wildman–Crippen LogP) is 0.414. The minimum Gasteiger partial charge on any atom is -0.335 e. The van der Waals surface area contributed by atoms with E-state index in [0.29, 0.717) is 19.6 Å². The van der Waals surface area contributed by atoms with Crippen molar-refractivity contribution in [3.8, 4) is 0 Å². The highest BCUT2D eigenvalue weighted by molar-refractivity contribution is 5.79. The van der Waals surface area contributed by atoms with Crippen molar-refractivity contribution in [1.29, 1.82) is 0 Å². The topological polar surface area (TPSA) is 23.6 Å². The predicted molar refractivity (Wildman–Crippen MR) is 44.7 cm³/mol. The highest BCUT2D eigenvalue weighted by Gasteiger charge is 2.28. The van der Waals surface area contributed by atoms with Crippen LogP contribution in [0.25, 0.3) is 0 Å². The molecule has 1 unspecified atom stereocenters. The van der Waals surface area contributed by atoms with Gasteiger partial charge in [0, 0.05) is 25.7 Å². The molecule has 0 N–H and O–H groups in total. The van der Waals surface area contributed by atoms with Gasteiger partial charge < -0.3 is 9.80 Å². The molecule has 1 heterocycles. The van der Waals surface area contributed by atoms with Gasteiger partial charge in [0.2, 0.25) is 0 Å². The van der Waals surface area contributed by atoms with Gasteiger partial charge in [-0.2, -0.15) is 8.78 Å². The summed E-state index contributed by atoms with van der Waals surface area (Å²) in [5.41, 5.74) is 0. The van der Waals surface area contributed by atoms with Gasteiger partial charge in [-0.1, -0.05) is 0 Å². The van der Waals surface area contributed by atoms with Crippen LogP contribution in [-0.4, -0.2) is 54.9 Å². The zero-order valence-corrected chi connectivity index (χ0v) is 7.83. The van der Waals surface area contributed by atoms with E-state index in [0.717, 1.165) is 0 Å². The first kappa shape index (κ1) is 10.4. The SMILES string of the molecule is CC1CN(C(=O)C(F)F)CCN1C. The quantitative estimate of drug-likeness (QED) is 0.601. The number of amides is 1. The fraction of sp³-hybridized carbons (Fsp3) is 0.875. The fourth-order valence-electron chi connectivity index (χ4n) is 1.39. The summed E-state index contributed by atoms with van der Waals surface area (Å²) in [6.07, 6.45) is -2.87. The largest absolute Gasteiger partial charge is 0.335 e. The number of likely N-dealkylation sites (N-methyl/N-ethyl adjacent to an activating group) is 1. The zero-order valence-electron chi connectivity index (χ0n) is 7.83. The van der Waals surface area contributed by atoms with Crippen LogP contribution in [0.2, 0.25) is 0 Å². The molecule has 0 aromatic rings. The highest BCUT2D eigenvalue weighted by atomic mass is 19.3. The average molecular weight is 192 g/mol. The standard InChI is InChI=1S/C8H14F2N2O/c1-6-5-12(4-3-11(6)2)8(13)7(9)10/h6-7H,3-5H2,1-2H3. The summed E-state index contributed by atoms with van der Waals surface area (Å²) in [7, 11) is 1.93. The van der Waals surface area contributed by atoms with E-state index in [-0.39, 0.29) is 6.04 Å². The number of carbonyl (C=O) groups excluding carboxylic acids is 1. The first-order valence-corrected chi connectivity index (χ1v) is 4.29. The molecule has 1 fully saturated rings. The Kier molecular flexibility index (Phi) is 3.19. The Morgan fingerprint density at radius 2 is 2.08 bits per heavy atom. The molecule has 1 amide bonds. The van der Waals surface area contributed by atoms with Crippen molar-refractivity contribution in [3.05, 3.63) is 0 Å². The van der Waals surface area contributed by atoms with Crippen LogP contribution >= 0.6 is 0 Å². The number of piperazine rings is 1. The van der Waals surface area contributed by atoms with Crippen LogP contribution < -0.4 is 0 Å². The van der Waals surface area contributed by atoms with E-state index < -0.39 is 12.3 Å². The van der Waals surface area contributed by atoms with Crippen LogP contribution in [-0.2, 0) is 4.79 Å². The maximum atomic E-state index is 12.0. The molecule has 1 atom stereocenters. The van der Waals surface area contributed by atoms with E-state index >= 15 is 0 Å². The first-order chi connectivity index (χ1) is 6.02. The lowest BCUT2D eigenvalue weighted by Gasteiger charge is -2.37. The Hall–Kier alpha value is -0.710. The van der Waals surface area contributed by atoms with Gasteiger partial charge in [0.05, 0.1) is 0 Å². The second kappa shape index (κ2) is 4.00.